The number of rotatable bonds is 0. The minimum absolute atomic E-state index is 0.0831. The van der Waals surface area contributed by atoms with Crippen LogP contribution in [0.1, 0.15) is 0 Å². The molecular weight excluding hydrogens is 280 g/mol. The van der Waals surface area contributed by atoms with E-state index < -0.39 is 10.0 Å². The molecule has 0 radical (unpaired) electrons. The van der Waals surface area contributed by atoms with Crippen LogP contribution in [0.15, 0.2) is 45.7 Å². The molecule has 2 aliphatic rings. The van der Waals surface area contributed by atoms with E-state index in [1.807, 2.05) is 23.1 Å². The van der Waals surface area contributed by atoms with Crippen LogP contribution in [-0.4, -0.2) is 25.9 Å². The van der Waals surface area contributed by atoms with Crippen molar-refractivity contribution in [2.75, 3.05) is 17.2 Å². The molecule has 0 fully saturated rings. The van der Waals surface area contributed by atoms with E-state index in [0.717, 1.165) is 21.4 Å². The van der Waals surface area contributed by atoms with Gasteiger partial charge in [-0.25, -0.2) is 8.42 Å². The van der Waals surface area contributed by atoms with Crippen molar-refractivity contribution >= 4 is 43.4 Å². The molecular formula is C13H10N2O2S2. The van der Waals surface area contributed by atoms with Gasteiger partial charge in [0.15, 0.2) is 5.17 Å². The summed E-state index contributed by atoms with van der Waals surface area (Å²) in [5.41, 5.74) is 1.09. The van der Waals surface area contributed by atoms with Crippen molar-refractivity contribution in [3.63, 3.8) is 0 Å². The average molecular weight is 290 g/mol. The first-order valence-electron chi connectivity index (χ1n) is 5.94. The third kappa shape index (κ3) is 1.67. The lowest BCUT2D eigenvalue weighted by atomic mass is 10.1. The predicted molar refractivity (Wildman–Crippen MR) is 78.4 cm³/mol. The van der Waals surface area contributed by atoms with E-state index in [0.29, 0.717) is 11.7 Å². The van der Waals surface area contributed by atoms with Crippen LogP contribution in [-0.2, 0) is 10.0 Å². The van der Waals surface area contributed by atoms with E-state index in [2.05, 4.69) is 22.6 Å². The molecule has 2 aromatic carbocycles. The number of thioether (sulfide) groups is 1. The van der Waals surface area contributed by atoms with Crippen LogP contribution in [0.5, 0.6) is 0 Å². The highest BCUT2D eigenvalue weighted by molar-refractivity contribution is 8.15. The zero-order chi connectivity index (χ0) is 13.0. The number of sulfonamides is 1. The van der Waals surface area contributed by atoms with Gasteiger partial charge in [-0.1, -0.05) is 30.3 Å². The summed E-state index contributed by atoms with van der Waals surface area (Å²) in [4.78, 5) is 3.10. The number of amidine groups is 1. The van der Waals surface area contributed by atoms with Gasteiger partial charge < -0.3 is 4.90 Å². The molecule has 0 amide bonds. The van der Waals surface area contributed by atoms with E-state index >= 15 is 0 Å². The Morgan fingerprint density at radius 3 is 2.89 bits per heavy atom. The van der Waals surface area contributed by atoms with E-state index in [4.69, 9.17) is 0 Å². The lowest BCUT2D eigenvalue weighted by Crippen LogP contribution is -2.35. The molecule has 0 saturated heterocycles. The molecule has 0 N–H and O–H groups in total. The first-order valence-corrected chi connectivity index (χ1v) is 8.36. The summed E-state index contributed by atoms with van der Waals surface area (Å²) in [6, 6.07) is 12.2. The molecule has 4 nitrogen and oxygen atoms in total. The lowest BCUT2D eigenvalue weighted by Gasteiger charge is -2.23. The van der Waals surface area contributed by atoms with Crippen LogP contribution in [0.2, 0.25) is 0 Å². The highest BCUT2D eigenvalue weighted by Crippen LogP contribution is 2.45. The van der Waals surface area contributed by atoms with Gasteiger partial charge in [0.25, 0.3) is 10.0 Å². The quantitative estimate of drug-likeness (QED) is 0.748. The second kappa shape index (κ2) is 3.74. The SMILES string of the molecule is O=S1(=O)CCN2C(=N1)Sc1ccc3ccccc3c12. The number of hydrogen-bond acceptors (Lipinski definition) is 4. The summed E-state index contributed by atoms with van der Waals surface area (Å²) >= 11 is 1.43. The van der Waals surface area contributed by atoms with Crippen molar-refractivity contribution in [2.24, 2.45) is 4.40 Å². The van der Waals surface area contributed by atoms with Gasteiger partial charge in [-0.05, 0) is 23.2 Å². The largest absolute Gasteiger partial charge is 0.317 e. The number of hydrogen-bond donors (Lipinski definition) is 0. The fourth-order valence-corrected chi connectivity index (χ4v) is 4.76. The predicted octanol–water partition coefficient (Wildman–Crippen LogP) is 2.45. The maximum absolute atomic E-state index is 11.6. The second-order valence-corrected chi connectivity index (χ2v) is 7.31. The summed E-state index contributed by atoms with van der Waals surface area (Å²) in [7, 11) is -3.28. The van der Waals surface area contributed by atoms with Gasteiger partial charge >= 0.3 is 0 Å². The van der Waals surface area contributed by atoms with Gasteiger partial charge in [-0.15, -0.1) is 4.40 Å². The highest BCUT2D eigenvalue weighted by atomic mass is 32.2. The molecule has 0 spiro atoms. The molecule has 19 heavy (non-hydrogen) atoms. The third-order valence-corrected chi connectivity index (χ3v) is 5.66. The first-order chi connectivity index (χ1) is 9.14. The van der Waals surface area contributed by atoms with E-state index in [1.54, 1.807) is 0 Å². The number of nitrogens with zero attached hydrogens (tertiary/aromatic N) is 2. The van der Waals surface area contributed by atoms with Crippen molar-refractivity contribution < 1.29 is 8.42 Å². The Kier molecular flexibility index (Phi) is 2.23. The normalized spacial score (nSPS) is 20.0. The molecule has 96 valence electrons. The molecule has 0 bridgehead atoms. The molecule has 0 unspecified atom stereocenters. The Hall–Kier alpha value is -1.53. The van der Waals surface area contributed by atoms with E-state index in [9.17, 15) is 8.42 Å². The van der Waals surface area contributed by atoms with Crippen molar-refractivity contribution in [1.29, 1.82) is 0 Å². The topological polar surface area (TPSA) is 49.7 Å². The van der Waals surface area contributed by atoms with E-state index in [-0.39, 0.29) is 5.75 Å². The van der Waals surface area contributed by atoms with Crippen molar-refractivity contribution in [1.82, 2.24) is 0 Å². The monoisotopic (exact) mass is 290 g/mol. The zero-order valence-electron chi connectivity index (χ0n) is 9.91. The van der Waals surface area contributed by atoms with Gasteiger partial charge in [0, 0.05) is 16.8 Å². The molecule has 0 saturated carbocycles. The van der Waals surface area contributed by atoms with Gasteiger partial charge in [-0.3, -0.25) is 0 Å². The Balaban J connectivity index is 2.00. The molecule has 6 heteroatoms. The first kappa shape index (κ1) is 11.3. The molecule has 0 aliphatic carbocycles. The standard InChI is InChI=1S/C13H10N2O2S2/c16-19(17)8-7-15-12-10-4-2-1-3-9(10)5-6-11(12)18-13(15)14-19/h1-6H,7-8H2. The number of fused-ring (bicyclic) bond motifs is 5. The van der Waals surface area contributed by atoms with Crippen LogP contribution in [0.4, 0.5) is 5.69 Å². The minimum Gasteiger partial charge on any atom is -0.317 e. The molecule has 2 aromatic rings. The van der Waals surface area contributed by atoms with Gasteiger partial charge in [0.2, 0.25) is 0 Å². The highest BCUT2D eigenvalue weighted by Gasteiger charge is 2.34. The molecule has 2 aliphatic heterocycles. The van der Waals surface area contributed by atoms with Crippen LogP contribution >= 0.6 is 11.8 Å². The van der Waals surface area contributed by atoms with Crippen LogP contribution in [0, 0.1) is 0 Å². The molecule has 0 aromatic heterocycles. The summed E-state index contributed by atoms with van der Waals surface area (Å²) in [5.74, 6) is 0.0831. The third-order valence-electron chi connectivity index (χ3n) is 3.36. The Bertz CT molecular complexity index is 828. The molecule has 0 atom stereocenters. The van der Waals surface area contributed by atoms with Gasteiger partial charge in [0.05, 0.1) is 11.4 Å². The number of benzene rings is 2. The Morgan fingerprint density at radius 2 is 2.00 bits per heavy atom. The summed E-state index contributed by atoms with van der Waals surface area (Å²) in [6.07, 6.45) is 0. The fourth-order valence-electron chi connectivity index (χ4n) is 2.49. The van der Waals surface area contributed by atoms with E-state index in [1.165, 1.54) is 11.8 Å². The smallest absolute Gasteiger partial charge is 0.257 e. The Labute approximate surface area is 115 Å². The van der Waals surface area contributed by atoms with Crippen LogP contribution in [0.25, 0.3) is 10.8 Å². The maximum Gasteiger partial charge on any atom is 0.257 e. The second-order valence-electron chi connectivity index (χ2n) is 4.55. The van der Waals surface area contributed by atoms with Gasteiger partial charge in [0.1, 0.15) is 0 Å². The maximum atomic E-state index is 11.6. The van der Waals surface area contributed by atoms with Crippen molar-refractivity contribution in [2.45, 2.75) is 4.90 Å². The minimum atomic E-state index is -3.28. The van der Waals surface area contributed by atoms with Gasteiger partial charge in [-0.2, -0.15) is 0 Å². The summed E-state index contributed by atoms with van der Waals surface area (Å²) < 4.78 is 27.0. The summed E-state index contributed by atoms with van der Waals surface area (Å²) in [5, 5.41) is 2.89. The molecule has 4 rings (SSSR count). The van der Waals surface area contributed by atoms with Crippen molar-refractivity contribution in [3.05, 3.63) is 36.4 Å². The molecule has 2 heterocycles. The van der Waals surface area contributed by atoms with Crippen LogP contribution in [0.3, 0.4) is 0 Å². The average Bonchev–Trinajstić information content (AvgIpc) is 2.74. The van der Waals surface area contributed by atoms with Crippen LogP contribution < -0.4 is 4.90 Å². The Morgan fingerprint density at radius 1 is 1.16 bits per heavy atom. The number of anilines is 1. The zero-order valence-corrected chi connectivity index (χ0v) is 11.5. The fraction of sp³-hybridized carbons (Fsp3) is 0.154. The lowest BCUT2D eigenvalue weighted by molar-refractivity contribution is 0.596. The van der Waals surface area contributed by atoms with Crippen molar-refractivity contribution in [3.8, 4) is 0 Å². The summed E-state index contributed by atoms with van der Waals surface area (Å²) in [6.45, 7) is 0.481.